The molecule has 3 fully saturated rings. The first-order chi connectivity index (χ1) is 8.93. The fourth-order valence-corrected chi connectivity index (χ4v) is 4.74. The smallest absolute Gasteiger partial charge is 0.238 e. The molecule has 0 aromatic carbocycles. The zero-order valence-electron chi connectivity index (χ0n) is 12.4. The van der Waals surface area contributed by atoms with Crippen molar-refractivity contribution >= 4 is 5.91 Å². The van der Waals surface area contributed by atoms with Gasteiger partial charge in [0.2, 0.25) is 5.91 Å². The van der Waals surface area contributed by atoms with Crippen LogP contribution in [-0.2, 0) is 4.79 Å². The molecule has 4 nitrogen and oxygen atoms in total. The molecule has 4 unspecified atom stereocenters. The molecule has 2 saturated carbocycles. The maximum atomic E-state index is 12.4. The Hall–Kier alpha value is -0.610. The minimum Gasteiger partial charge on any atom is -0.351 e. The maximum absolute atomic E-state index is 12.4. The summed E-state index contributed by atoms with van der Waals surface area (Å²) in [5.41, 5.74) is 0.552. The van der Waals surface area contributed by atoms with E-state index in [4.69, 9.17) is 0 Å². The van der Waals surface area contributed by atoms with Gasteiger partial charge in [-0.25, -0.2) is 0 Å². The molecule has 0 radical (unpaired) electrons. The molecule has 0 aromatic rings. The lowest BCUT2D eigenvalue weighted by Gasteiger charge is -2.43. The van der Waals surface area contributed by atoms with E-state index in [1.807, 2.05) is 0 Å². The standard InChI is InChI=1S/C15H27N3O/c1-14(2)10-4-5-15(3,8-10)13(14)18-12(19)11-9-16-6-7-17-11/h10-11,13,16-17H,4-9H2,1-3H3,(H,18,19). The third-order valence-corrected chi connectivity index (χ3v) is 5.91. The Kier molecular flexibility index (Phi) is 3.13. The van der Waals surface area contributed by atoms with Gasteiger partial charge in [0.15, 0.2) is 0 Å². The monoisotopic (exact) mass is 265 g/mol. The van der Waals surface area contributed by atoms with Gasteiger partial charge in [-0.2, -0.15) is 0 Å². The maximum Gasteiger partial charge on any atom is 0.238 e. The first-order valence-electron chi connectivity index (χ1n) is 7.68. The van der Waals surface area contributed by atoms with Crippen LogP contribution < -0.4 is 16.0 Å². The van der Waals surface area contributed by atoms with Gasteiger partial charge < -0.3 is 16.0 Å². The molecule has 3 aliphatic rings. The minimum absolute atomic E-state index is 0.0627. The fourth-order valence-electron chi connectivity index (χ4n) is 4.74. The number of carbonyl (C=O) groups is 1. The predicted octanol–water partition coefficient (Wildman–Crippen LogP) is 0.879. The van der Waals surface area contributed by atoms with Crippen LogP contribution in [0, 0.1) is 16.7 Å². The Bertz CT molecular complexity index is 371. The number of nitrogens with one attached hydrogen (secondary N) is 3. The van der Waals surface area contributed by atoms with E-state index in [9.17, 15) is 4.79 Å². The van der Waals surface area contributed by atoms with Gasteiger partial charge in [-0.1, -0.05) is 20.8 Å². The van der Waals surface area contributed by atoms with Gasteiger partial charge in [-0.05, 0) is 36.0 Å². The van der Waals surface area contributed by atoms with Crippen LogP contribution in [0.5, 0.6) is 0 Å². The Morgan fingerprint density at radius 1 is 1.26 bits per heavy atom. The van der Waals surface area contributed by atoms with Crippen molar-refractivity contribution < 1.29 is 4.79 Å². The summed E-state index contributed by atoms with van der Waals surface area (Å²) < 4.78 is 0. The van der Waals surface area contributed by atoms with E-state index in [1.54, 1.807) is 0 Å². The van der Waals surface area contributed by atoms with Crippen LogP contribution in [0.25, 0.3) is 0 Å². The molecule has 1 saturated heterocycles. The number of fused-ring (bicyclic) bond motifs is 2. The van der Waals surface area contributed by atoms with Crippen LogP contribution in [0.4, 0.5) is 0 Å². The zero-order valence-corrected chi connectivity index (χ0v) is 12.4. The summed E-state index contributed by atoms with van der Waals surface area (Å²) in [6.45, 7) is 9.61. The first-order valence-corrected chi connectivity index (χ1v) is 7.68. The van der Waals surface area contributed by atoms with Crippen LogP contribution in [0.3, 0.4) is 0 Å². The topological polar surface area (TPSA) is 53.2 Å². The number of carbonyl (C=O) groups excluding carboxylic acids is 1. The Morgan fingerprint density at radius 2 is 2.05 bits per heavy atom. The SMILES string of the molecule is CC12CCC(C1)C(C)(C)C2NC(=O)C1CNCCN1. The van der Waals surface area contributed by atoms with Gasteiger partial charge >= 0.3 is 0 Å². The first kappa shape index (κ1) is 13.4. The van der Waals surface area contributed by atoms with Crippen molar-refractivity contribution in [3.63, 3.8) is 0 Å². The molecular weight excluding hydrogens is 238 g/mol. The second-order valence-corrected chi connectivity index (χ2v) is 7.57. The number of piperazine rings is 1. The van der Waals surface area contributed by atoms with Crippen LogP contribution in [0.1, 0.15) is 40.0 Å². The molecule has 1 amide bonds. The van der Waals surface area contributed by atoms with E-state index in [1.165, 1.54) is 19.3 Å². The van der Waals surface area contributed by atoms with Crippen LogP contribution in [0.15, 0.2) is 0 Å². The lowest BCUT2D eigenvalue weighted by atomic mass is 9.68. The number of hydrogen-bond acceptors (Lipinski definition) is 3. The van der Waals surface area contributed by atoms with Gasteiger partial charge in [0.1, 0.15) is 0 Å². The highest BCUT2D eigenvalue weighted by atomic mass is 16.2. The van der Waals surface area contributed by atoms with Crippen LogP contribution in [-0.4, -0.2) is 37.6 Å². The van der Waals surface area contributed by atoms with Crippen molar-refractivity contribution in [1.29, 1.82) is 0 Å². The molecule has 0 aromatic heterocycles. The van der Waals surface area contributed by atoms with Gasteiger partial charge in [-0.3, -0.25) is 4.79 Å². The molecule has 3 rings (SSSR count). The highest BCUT2D eigenvalue weighted by Gasteiger charge is 2.59. The van der Waals surface area contributed by atoms with Crippen molar-refractivity contribution in [2.45, 2.75) is 52.1 Å². The van der Waals surface area contributed by atoms with Crippen molar-refractivity contribution in [2.75, 3.05) is 19.6 Å². The highest BCUT2D eigenvalue weighted by Crippen LogP contribution is 2.62. The highest BCUT2D eigenvalue weighted by molar-refractivity contribution is 5.82. The summed E-state index contributed by atoms with van der Waals surface area (Å²) >= 11 is 0. The number of amides is 1. The number of hydrogen-bond donors (Lipinski definition) is 3. The molecule has 2 bridgehead atoms. The van der Waals surface area contributed by atoms with E-state index in [2.05, 4.69) is 36.7 Å². The number of rotatable bonds is 2. The molecule has 3 N–H and O–H groups in total. The summed E-state index contributed by atoms with van der Waals surface area (Å²) in [6, 6.07) is 0.266. The summed E-state index contributed by atoms with van der Waals surface area (Å²) in [6.07, 6.45) is 3.88. The summed E-state index contributed by atoms with van der Waals surface area (Å²) in [5, 5.41) is 9.95. The van der Waals surface area contributed by atoms with Crippen molar-refractivity contribution in [1.82, 2.24) is 16.0 Å². The molecule has 2 aliphatic carbocycles. The summed E-state index contributed by atoms with van der Waals surface area (Å²) in [5.74, 6) is 0.958. The normalized spacial score (nSPS) is 44.3. The zero-order chi connectivity index (χ0) is 13.7. The van der Waals surface area contributed by atoms with Crippen molar-refractivity contribution in [3.8, 4) is 0 Å². The average Bonchev–Trinajstić information content (AvgIpc) is 2.87. The van der Waals surface area contributed by atoms with E-state index < -0.39 is 0 Å². The largest absolute Gasteiger partial charge is 0.351 e. The van der Waals surface area contributed by atoms with E-state index >= 15 is 0 Å². The predicted molar refractivity (Wildman–Crippen MR) is 75.8 cm³/mol. The lowest BCUT2D eigenvalue weighted by Crippen LogP contribution is -2.60. The quantitative estimate of drug-likeness (QED) is 0.695. The van der Waals surface area contributed by atoms with Crippen molar-refractivity contribution in [3.05, 3.63) is 0 Å². The van der Waals surface area contributed by atoms with Gasteiger partial charge in [0.25, 0.3) is 0 Å². The molecule has 0 spiro atoms. The van der Waals surface area contributed by atoms with Gasteiger partial charge in [-0.15, -0.1) is 0 Å². The van der Waals surface area contributed by atoms with E-state index in [0.29, 0.717) is 11.5 Å². The minimum atomic E-state index is -0.0627. The molecule has 19 heavy (non-hydrogen) atoms. The Morgan fingerprint density at radius 3 is 2.63 bits per heavy atom. The fraction of sp³-hybridized carbons (Fsp3) is 0.933. The third kappa shape index (κ3) is 2.09. The molecule has 1 heterocycles. The summed E-state index contributed by atoms with van der Waals surface area (Å²) in [7, 11) is 0. The molecule has 1 aliphatic heterocycles. The van der Waals surface area contributed by atoms with E-state index in [0.717, 1.165) is 25.6 Å². The lowest BCUT2D eigenvalue weighted by molar-refractivity contribution is -0.126. The second-order valence-electron chi connectivity index (χ2n) is 7.57. The van der Waals surface area contributed by atoms with Gasteiger partial charge in [0.05, 0.1) is 6.04 Å². The van der Waals surface area contributed by atoms with E-state index in [-0.39, 0.29) is 17.4 Å². The molecule has 4 atom stereocenters. The Labute approximate surface area is 116 Å². The van der Waals surface area contributed by atoms with Crippen molar-refractivity contribution in [2.24, 2.45) is 16.7 Å². The third-order valence-electron chi connectivity index (χ3n) is 5.91. The second kappa shape index (κ2) is 4.45. The molecule has 108 valence electrons. The summed E-state index contributed by atoms with van der Waals surface area (Å²) in [4.78, 5) is 12.4. The molecular formula is C15H27N3O. The average molecular weight is 265 g/mol. The Balaban J connectivity index is 1.70. The van der Waals surface area contributed by atoms with Crippen LogP contribution >= 0.6 is 0 Å². The van der Waals surface area contributed by atoms with Gasteiger partial charge in [0, 0.05) is 25.7 Å². The molecule has 4 heteroatoms. The van der Waals surface area contributed by atoms with Crippen LogP contribution in [0.2, 0.25) is 0 Å².